The molecule has 1 atom stereocenters. The molecule has 6 nitrogen and oxygen atoms in total. The van der Waals surface area contributed by atoms with Gasteiger partial charge in [0.15, 0.2) is 5.58 Å². The summed E-state index contributed by atoms with van der Waals surface area (Å²) in [7, 11) is 0. The molecule has 6 heteroatoms. The largest absolute Gasteiger partial charge is 0.463 e. The van der Waals surface area contributed by atoms with Crippen molar-refractivity contribution in [2.24, 2.45) is 0 Å². The molecule has 1 aromatic carbocycles. The van der Waals surface area contributed by atoms with Crippen LogP contribution in [-0.2, 0) is 17.9 Å². The molecule has 0 spiro atoms. The van der Waals surface area contributed by atoms with Gasteiger partial charge in [0, 0.05) is 24.7 Å². The third-order valence-electron chi connectivity index (χ3n) is 7.07. The Labute approximate surface area is 182 Å². The van der Waals surface area contributed by atoms with E-state index < -0.39 is 5.54 Å². The summed E-state index contributed by atoms with van der Waals surface area (Å²) in [5.74, 6) is -0.209. The molecular formula is C25H29N3O3. The van der Waals surface area contributed by atoms with Crippen LogP contribution in [0.1, 0.15) is 60.6 Å². The number of aromatic nitrogens is 1. The lowest BCUT2D eigenvalue weighted by molar-refractivity contribution is -0.134. The molecule has 0 bridgehead atoms. The molecule has 0 unspecified atom stereocenters. The lowest BCUT2D eigenvalue weighted by Gasteiger charge is -2.45. The second-order valence-corrected chi connectivity index (χ2v) is 9.19. The Balaban J connectivity index is 1.54. The molecule has 3 heterocycles. The van der Waals surface area contributed by atoms with Crippen LogP contribution in [0.15, 0.2) is 47.1 Å². The van der Waals surface area contributed by atoms with Gasteiger partial charge in [0.05, 0.1) is 18.3 Å². The first kappa shape index (κ1) is 19.9. The molecule has 162 valence electrons. The fraction of sp³-hybridized carbons (Fsp3) is 0.440. The molecule has 5 rings (SSSR count). The van der Waals surface area contributed by atoms with Crippen molar-refractivity contribution in [2.75, 3.05) is 0 Å². The summed E-state index contributed by atoms with van der Waals surface area (Å²) in [5, 5.41) is 3.28. The fourth-order valence-corrected chi connectivity index (χ4v) is 5.07. The van der Waals surface area contributed by atoms with Crippen LogP contribution < -0.4 is 5.32 Å². The maximum Gasteiger partial charge on any atom is 0.271 e. The number of fused-ring (bicyclic) bond motifs is 3. The van der Waals surface area contributed by atoms with E-state index in [4.69, 9.17) is 4.42 Å². The van der Waals surface area contributed by atoms with E-state index in [0.29, 0.717) is 24.4 Å². The molecule has 3 aromatic rings. The van der Waals surface area contributed by atoms with Gasteiger partial charge in [-0.05, 0) is 37.8 Å². The number of nitrogens with zero attached hydrogens (tertiary/aromatic N) is 2. The Morgan fingerprint density at radius 2 is 1.97 bits per heavy atom. The zero-order valence-corrected chi connectivity index (χ0v) is 18.2. The van der Waals surface area contributed by atoms with Crippen molar-refractivity contribution in [2.45, 2.75) is 70.6 Å². The van der Waals surface area contributed by atoms with Crippen molar-refractivity contribution in [3.63, 3.8) is 0 Å². The number of amides is 2. The van der Waals surface area contributed by atoms with Gasteiger partial charge in [-0.25, -0.2) is 0 Å². The summed E-state index contributed by atoms with van der Waals surface area (Å²) in [6, 6.07) is 11.9. The smallest absolute Gasteiger partial charge is 0.271 e. The molecule has 1 aliphatic carbocycles. The Kier molecular flexibility index (Phi) is 4.88. The topological polar surface area (TPSA) is 67.5 Å². The maximum atomic E-state index is 13.7. The highest BCUT2D eigenvalue weighted by molar-refractivity contribution is 6.02. The summed E-state index contributed by atoms with van der Waals surface area (Å²) in [5.41, 5.74) is 3.28. The van der Waals surface area contributed by atoms with Gasteiger partial charge < -0.3 is 19.2 Å². The van der Waals surface area contributed by atoms with E-state index in [1.54, 1.807) is 17.2 Å². The minimum absolute atomic E-state index is 0.0719. The summed E-state index contributed by atoms with van der Waals surface area (Å²) in [6.45, 7) is 4.74. The van der Waals surface area contributed by atoms with Gasteiger partial charge in [-0.2, -0.15) is 0 Å². The average molecular weight is 420 g/mol. The van der Waals surface area contributed by atoms with Gasteiger partial charge in [0.1, 0.15) is 11.2 Å². The van der Waals surface area contributed by atoms with Crippen molar-refractivity contribution in [1.82, 2.24) is 14.8 Å². The third-order valence-corrected chi connectivity index (χ3v) is 7.07. The molecule has 2 amide bonds. The molecule has 2 aromatic heterocycles. The molecule has 2 aliphatic rings. The van der Waals surface area contributed by atoms with Crippen LogP contribution in [-0.4, -0.2) is 32.9 Å². The summed E-state index contributed by atoms with van der Waals surface area (Å²) < 4.78 is 7.49. The third kappa shape index (κ3) is 3.34. The standard InChI is InChI=1S/C25H29N3O3/c1-17-8-6-7-9-18(17)15-28-23(29)21-14-22-20(12-13-31-22)27(21)16-25(28,2)24(30)26-19-10-4-3-5-11-19/h6-9,12-14,19H,3-5,10-11,15-16H2,1-2H3,(H,26,30)/t25-/m0/s1. The van der Waals surface area contributed by atoms with Crippen LogP contribution >= 0.6 is 0 Å². The number of nitrogens with one attached hydrogen (secondary N) is 1. The first-order chi connectivity index (χ1) is 15.0. The number of rotatable bonds is 4. The number of hydrogen-bond donors (Lipinski definition) is 1. The molecule has 31 heavy (non-hydrogen) atoms. The van der Waals surface area contributed by atoms with E-state index in [9.17, 15) is 9.59 Å². The van der Waals surface area contributed by atoms with Crippen LogP contribution in [0.5, 0.6) is 0 Å². The number of hydrogen-bond acceptors (Lipinski definition) is 3. The van der Waals surface area contributed by atoms with Gasteiger partial charge >= 0.3 is 0 Å². The lowest BCUT2D eigenvalue weighted by Crippen LogP contribution is -2.64. The number of furan rings is 1. The fourth-order valence-electron chi connectivity index (χ4n) is 5.07. The normalized spacial score (nSPS) is 22.0. The lowest BCUT2D eigenvalue weighted by atomic mass is 9.90. The average Bonchev–Trinajstić information content (AvgIpc) is 3.35. The first-order valence-corrected chi connectivity index (χ1v) is 11.2. The van der Waals surface area contributed by atoms with Crippen LogP contribution in [0.4, 0.5) is 0 Å². The van der Waals surface area contributed by atoms with Crippen molar-refractivity contribution < 1.29 is 14.0 Å². The van der Waals surface area contributed by atoms with Gasteiger partial charge in [0.2, 0.25) is 5.91 Å². The first-order valence-electron chi connectivity index (χ1n) is 11.2. The van der Waals surface area contributed by atoms with Gasteiger partial charge in [0.25, 0.3) is 5.91 Å². The maximum absolute atomic E-state index is 13.7. The SMILES string of the molecule is Cc1ccccc1CN1C(=O)c2cc3occc3n2C[C@@]1(C)C(=O)NC1CCCCC1. The van der Waals surface area contributed by atoms with Crippen molar-refractivity contribution in [1.29, 1.82) is 0 Å². The Bertz CT molecular complexity index is 1140. The zero-order valence-electron chi connectivity index (χ0n) is 18.2. The van der Waals surface area contributed by atoms with Gasteiger partial charge in [-0.1, -0.05) is 43.5 Å². The Hall–Kier alpha value is -3.02. The number of carbonyl (C=O) groups is 2. The molecule has 0 saturated heterocycles. The highest BCUT2D eigenvalue weighted by Gasteiger charge is 2.48. The van der Waals surface area contributed by atoms with E-state index in [-0.39, 0.29) is 17.9 Å². The van der Waals surface area contributed by atoms with Crippen LogP contribution in [0.2, 0.25) is 0 Å². The predicted octanol–water partition coefficient (Wildman–Crippen LogP) is 4.41. The summed E-state index contributed by atoms with van der Waals surface area (Å²) in [6.07, 6.45) is 7.16. The van der Waals surface area contributed by atoms with E-state index >= 15 is 0 Å². The number of aryl methyl sites for hydroxylation is 1. The molecule has 1 aliphatic heterocycles. The summed E-state index contributed by atoms with van der Waals surface area (Å²) in [4.78, 5) is 29.1. The number of carbonyl (C=O) groups excluding carboxylic acids is 2. The second-order valence-electron chi connectivity index (χ2n) is 9.19. The Morgan fingerprint density at radius 3 is 2.74 bits per heavy atom. The molecule has 0 radical (unpaired) electrons. The van der Waals surface area contributed by atoms with E-state index in [1.807, 2.05) is 48.7 Å². The molecule has 1 saturated carbocycles. The van der Waals surface area contributed by atoms with Gasteiger partial charge in [-0.3, -0.25) is 9.59 Å². The summed E-state index contributed by atoms with van der Waals surface area (Å²) >= 11 is 0. The van der Waals surface area contributed by atoms with Crippen LogP contribution in [0.3, 0.4) is 0 Å². The second kappa shape index (κ2) is 7.59. The van der Waals surface area contributed by atoms with Crippen molar-refractivity contribution in [3.05, 3.63) is 59.5 Å². The van der Waals surface area contributed by atoms with E-state index in [1.165, 1.54) is 6.42 Å². The minimum atomic E-state index is -0.993. The molecule has 1 fully saturated rings. The minimum Gasteiger partial charge on any atom is -0.463 e. The van der Waals surface area contributed by atoms with E-state index in [2.05, 4.69) is 5.32 Å². The predicted molar refractivity (Wildman–Crippen MR) is 119 cm³/mol. The quantitative estimate of drug-likeness (QED) is 0.681. The van der Waals surface area contributed by atoms with Crippen molar-refractivity contribution in [3.8, 4) is 0 Å². The highest BCUT2D eigenvalue weighted by Crippen LogP contribution is 2.34. The number of benzene rings is 1. The van der Waals surface area contributed by atoms with Crippen molar-refractivity contribution >= 4 is 22.9 Å². The van der Waals surface area contributed by atoms with Crippen LogP contribution in [0.25, 0.3) is 11.1 Å². The van der Waals surface area contributed by atoms with Crippen LogP contribution in [0, 0.1) is 6.92 Å². The highest BCUT2D eigenvalue weighted by atomic mass is 16.3. The van der Waals surface area contributed by atoms with Gasteiger partial charge in [-0.15, -0.1) is 0 Å². The monoisotopic (exact) mass is 419 g/mol. The molecular weight excluding hydrogens is 390 g/mol. The molecule has 1 N–H and O–H groups in total. The Morgan fingerprint density at radius 1 is 1.19 bits per heavy atom. The zero-order chi connectivity index (χ0) is 21.6. The van der Waals surface area contributed by atoms with E-state index in [0.717, 1.165) is 42.3 Å².